The molecule has 34 heavy (non-hydrogen) atoms. The fourth-order valence-electron chi connectivity index (χ4n) is 2.67. The summed E-state index contributed by atoms with van der Waals surface area (Å²) in [5.74, 6) is -0.527. The SMILES string of the molecule is CNS(=O)(=O)c1ccc(Oc2ccc(C(=O)NCc3ccc(Br)cc3OC(F)(F)F)cn2)cc1. The van der Waals surface area contributed by atoms with Crippen LogP contribution in [0.5, 0.6) is 17.4 Å². The Hall–Kier alpha value is -3.16. The second kappa shape index (κ2) is 10.4. The second-order valence-corrected chi connectivity index (χ2v) is 9.45. The van der Waals surface area contributed by atoms with Crippen molar-refractivity contribution in [3.8, 4) is 17.4 Å². The fourth-order valence-corrected chi connectivity index (χ4v) is 3.74. The van der Waals surface area contributed by atoms with Crippen LogP contribution in [-0.2, 0) is 16.6 Å². The van der Waals surface area contributed by atoms with Gasteiger partial charge in [-0.1, -0.05) is 22.0 Å². The number of nitrogens with zero attached hydrogens (tertiary/aromatic N) is 1. The van der Waals surface area contributed by atoms with Gasteiger partial charge in [-0.05, 0) is 49.5 Å². The van der Waals surface area contributed by atoms with Crippen molar-refractivity contribution in [1.29, 1.82) is 0 Å². The smallest absolute Gasteiger partial charge is 0.439 e. The maximum Gasteiger partial charge on any atom is 0.573 e. The number of alkyl halides is 3. The lowest BCUT2D eigenvalue weighted by Gasteiger charge is -2.14. The average molecular weight is 560 g/mol. The number of halogens is 4. The normalized spacial score (nSPS) is 11.7. The molecular formula is C21H17BrF3N3O5S. The van der Waals surface area contributed by atoms with Crippen LogP contribution in [-0.4, -0.2) is 32.7 Å². The molecule has 0 aliphatic carbocycles. The summed E-state index contributed by atoms with van der Waals surface area (Å²) in [6.45, 7) is -0.211. The van der Waals surface area contributed by atoms with Gasteiger partial charge >= 0.3 is 6.36 Å². The molecule has 0 fully saturated rings. The largest absolute Gasteiger partial charge is 0.573 e. The number of hydrogen-bond donors (Lipinski definition) is 2. The van der Waals surface area contributed by atoms with Crippen LogP contribution < -0.4 is 19.5 Å². The molecule has 0 aliphatic rings. The minimum Gasteiger partial charge on any atom is -0.439 e. The third-order valence-electron chi connectivity index (χ3n) is 4.32. The summed E-state index contributed by atoms with van der Waals surface area (Å²) in [4.78, 5) is 16.5. The fraction of sp³-hybridized carbons (Fsp3) is 0.143. The lowest BCUT2D eigenvalue weighted by molar-refractivity contribution is -0.274. The van der Waals surface area contributed by atoms with E-state index in [1.807, 2.05) is 0 Å². The van der Waals surface area contributed by atoms with Crippen molar-refractivity contribution in [2.45, 2.75) is 17.8 Å². The number of aromatic nitrogens is 1. The molecule has 0 saturated heterocycles. The zero-order chi connectivity index (χ0) is 24.9. The molecule has 8 nitrogen and oxygen atoms in total. The molecule has 3 aromatic rings. The minimum atomic E-state index is -4.87. The number of ether oxygens (including phenoxy) is 2. The summed E-state index contributed by atoms with van der Waals surface area (Å²) in [7, 11) is -2.27. The number of nitrogens with one attached hydrogen (secondary N) is 2. The van der Waals surface area contributed by atoms with Gasteiger partial charge in [-0.25, -0.2) is 18.1 Å². The van der Waals surface area contributed by atoms with E-state index in [4.69, 9.17) is 4.74 Å². The maximum atomic E-state index is 12.6. The highest BCUT2D eigenvalue weighted by Crippen LogP contribution is 2.29. The molecule has 1 aromatic heterocycles. The Bertz CT molecular complexity index is 1270. The Morgan fingerprint density at radius 2 is 1.79 bits per heavy atom. The first kappa shape index (κ1) is 25.5. The van der Waals surface area contributed by atoms with Crippen LogP contribution in [0, 0.1) is 0 Å². The van der Waals surface area contributed by atoms with Gasteiger partial charge < -0.3 is 14.8 Å². The number of benzene rings is 2. The Balaban J connectivity index is 1.63. The molecule has 3 rings (SSSR count). The van der Waals surface area contributed by atoms with Crippen LogP contribution >= 0.6 is 15.9 Å². The van der Waals surface area contributed by atoms with Gasteiger partial charge in [-0.3, -0.25) is 4.79 Å². The number of carbonyl (C=O) groups excluding carboxylic acids is 1. The van der Waals surface area contributed by atoms with Crippen molar-refractivity contribution < 1.29 is 35.9 Å². The zero-order valence-electron chi connectivity index (χ0n) is 17.4. The molecule has 1 amide bonds. The summed E-state index contributed by atoms with van der Waals surface area (Å²) in [6, 6.07) is 12.5. The summed E-state index contributed by atoms with van der Waals surface area (Å²) in [6.07, 6.45) is -3.64. The number of sulfonamides is 1. The predicted molar refractivity (Wildman–Crippen MR) is 119 cm³/mol. The highest BCUT2D eigenvalue weighted by atomic mass is 79.9. The Kier molecular flexibility index (Phi) is 7.79. The molecule has 13 heteroatoms. The van der Waals surface area contributed by atoms with Gasteiger partial charge in [-0.2, -0.15) is 0 Å². The van der Waals surface area contributed by atoms with E-state index < -0.39 is 28.0 Å². The highest BCUT2D eigenvalue weighted by Gasteiger charge is 2.32. The molecular weight excluding hydrogens is 543 g/mol. The molecule has 0 atom stereocenters. The van der Waals surface area contributed by atoms with E-state index in [1.165, 1.54) is 61.8 Å². The first-order valence-electron chi connectivity index (χ1n) is 9.47. The first-order chi connectivity index (χ1) is 16.0. The molecule has 0 aliphatic heterocycles. The van der Waals surface area contributed by atoms with Crippen molar-refractivity contribution >= 4 is 31.9 Å². The lowest BCUT2D eigenvalue weighted by atomic mass is 10.2. The Morgan fingerprint density at radius 1 is 1.09 bits per heavy atom. The predicted octanol–water partition coefficient (Wildman–Crippen LogP) is 4.37. The van der Waals surface area contributed by atoms with Crippen molar-refractivity contribution in [3.05, 3.63) is 76.4 Å². The minimum absolute atomic E-state index is 0.0666. The van der Waals surface area contributed by atoms with E-state index in [0.29, 0.717) is 10.2 Å². The summed E-state index contributed by atoms with van der Waals surface area (Å²) in [5, 5.41) is 2.51. The summed E-state index contributed by atoms with van der Waals surface area (Å²) < 4.78 is 73.5. The molecule has 2 aromatic carbocycles. The van der Waals surface area contributed by atoms with Gasteiger partial charge in [0.25, 0.3) is 5.91 Å². The van der Waals surface area contributed by atoms with Crippen molar-refractivity contribution in [2.24, 2.45) is 0 Å². The number of amides is 1. The average Bonchev–Trinajstić information content (AvgIpc) is 2.78. The van der Waals surface area contributed by atoms with Crippen LogP contribution in [0.25, 0.3) is 0 Å². The third kappa shape index (κ3) is 6.92. The molecule has 2 N–H and O–H groups in total. The van der Waals surface area contributed by atoms with Crippen molar-refractivity contribution in [1.82, 2.24) is 15.0 Å². The summed E-state index contributed by atoms with van der Waals surface area (Å²) in [5.41, 5.74) is 0.281. The van der Waals surface area contributed by atoms with Crippen LogP contribution in [0.1, 0.15) is 15.9 Å². The van der Waals surface area contributed by atoms with Gasteiger partial charge in [0.15, 0.2) is 0 Å². The molecule has 180 valence electrons. The van der Waals surface area contributed by atoms with E-state index in [0.717, 1.165) is 6.07 Å². The van der Waals surface area contributed by atoms with E-state index in [2.05, 4.69) is 35.7 Å². The van der Waals surface area contributed by atoms with Crippen LogP contribution in [0.4, 0.5) is 13.2 Å². The standard InChI is InChI=1S/C21H17BrF3N3O5S/c1-26-34(30,31)17-7-5-16(6-8-17)32-19-9-3-14(12-27-19)20(29)28-11-13-2-4-15(22)10-18(13)33-21(23,24)25/h2-10,12,26H,11H2,1H3,(H,28,29). The molecule has 0 saturated carbocycles. The van der Waals surface area contributed by atoms with Gasteiger partial charge in [0.1, 0.15) is 11.5 Å². The Morgan fingerprint density at radius 3 is 2.38 bits per heavy atom. The number of carbonyl (C=O) groups is 1. The topological polar surface area (TPSA) is 107 Å². The van der Waals surface area contributed by atoms with Crippen molar-refractivity contribution in [2.75, 3.05) is 7.05 Å². The van der Waals surface area contributed by atoms with E-state index in [1.54, 1.807) is 0 Å². The molecule has 0 spiro atoms. The molecule has 0 radical (unpaired) electrons. The first-order valence-corrected chi connectivity index (χ1v) is 11.7. The van der Waals surface area contributed by atoms with Crippen molar-refractivity contribution in [3.63, 3.8) is 0 Å². The van der Waals surface area contributed by atoms with E-state index in [9.17, 15) is 26.4 Å². The van der Waals surface area contributed by atoms with Crippen LogP contribution in [0.15, 0.2) is 70.2 Å². The molecule has 0 unspecified atom stereocenters. The van der Waals surface area contributed by atoms with Gasteiger partial charge in [0.2, 0.25) is 15.9 Å². The maximum absolute atomic E-state index is 12.6. The van der Waals surface area contributed by atoms with Crippen LogP contribution in [0.2, 0.25) is 0 Å². The summed E-state index contributed by atoms with van der Waals surface area (Å²) >= 11 is 3.08. The Labute approximate surface area is 201 Å². The monoisotopic (exact) mass is 559 g/mol. The quantitative estimate of drug-likeness (QED) is 0.424. The van der Waals surface area contributed by atoms with E-state index in [-0.39, 0.29) is 28.4 Å². The van der Waals surface area contributed by atoms with Gasteiger partial charge in [-0.15, -0.1) is 13.2 Å². The highest BCUT2D eigenvalue weighted by molar-refractivity contribution is 9.10. The van der Waals surface area contributed by atoms with Gasteiger partial charge in [0, 0.05) is 28.8 Å². The molecule has 1 heterocycles. The zero-order valence-corrected chi connectivity index (χ0v) is 19.8. The van der Waals surface area contributed by atoms with E-state index >= 15 is 0 Å². The molecule has 0 bridgehead atoms. The van der Waals surface area contributed by atoms with Gasteiger partial charge in [0.05, 0.1) is 10.5 Å². The second-order valence-electron chi connectivity index (χ2n) is 6.65. The van der Waals surface area contributed by atoms with Crippen LogP contribution in [0.3, 0.4) is 0 Å². The number of rotatable bonds is 8. The number of hydrogen-bond acceptors (Lipinski definition) is 6. The lowest BCUT2D eigenvalue weighted by Crippen LogP contribution is -2.24. The number of pyridine rings is 1. The third-order valence-corrected chi connectivity index (χ3v) is 6.24.